The SMILES string of the molecule is CC(C)(c1ccc(OCc2ccnc(CS(C)(=O)=O)n2)cc1)c1cc(F)c(OCCCl)c(C#N)c1. The minimum Gasteiger partial charge on any atom is -0.488 e. The third kappa shape index (κ3) is 6.90. The number of nitrogens with zero attached hydrogens (tertiary/aromatic N) is 3. The maximum Gasteiger partial charge on any atom is 0.172 e. The summed E-state index contributed by atoms with van der Waals surface area (Å²) in [6.45, 7) is 4.11. The number of hydrogen-bond donors (Lipinski definition) is 0. The lowest BCUT2D eigenvalue weighted by Gasteiger charge is -2.27. The molecule has 2 aromatic carbocycles. The molecule has 0 amide bonds. The molecule has 10 heteroatoms. The molecule has 0 N–H and O–H groups in total. The molecular weight excluding hydrogens is 493 g/mol. The molecule has 0 aliphatic carbocycles. The van der Waals surface area contributed by atoms with Crippen LogP contribution in [0.5, 0.6) is 11.5 Å². The van der Waals surface area contributed by atoms with Crippen molar-refractivity contribution in [3.8, 4) is 17.6 Å². The van der Waals surface area contributed by atoms with E-state index in [0.29, 0.717) is 17.0 Å². The number of alkyl halides is 1. The first-order chi connectivity index (χ1) is 16.5. The molecule has 0 spiro atoms. The second kappa shape index (κ2) is 11.0. The highest BCUT2D eigenvalue weighted by Crippen LogP contribution is 2.36. The van der Waals surface area contributed by atoms with Crippen molar-refractivity contribution in [2.24, 2.45) is 0 Å². The van der Waals surface area contributed by atoms with E-state index >= 15 is 0 Å². The number of ether oxygens (including phenoxy) is 2. The van der Waals surface area contributed by atoms with Gasteiger partial charge in [0.1, 0.15) is 36.6 Å². The van der Waals surface area contributed by atoms with Crippen LogP contribution in [0.1, 0.15) is 42.1 Å². The van der Waals surface area contributed by atoms with Crippen LogP contribution in [0, 0.1) is 17.1 Å². The Balaban J connectivity index is 1.75. The zero-order chi connectivity index (χ0) is 25.6. The normalized spacial score (nSPS) is 11.7. The zero-order valence-electron chi connectivity index (χ0n) is 19.6. The van der Waals surface area contributed by atoms with Crippen molar-refractivity contribution >= 4 is 21.4 Å². The molecule has 0 aliphatic rings. The van der Waals surface area contributed by atoms with E-state index in [2.05, 4.69) is 9.97 Å². The van der Waals surface area contributed by atoms with E-state index in [1.54, 1.807) is 24.3 Å². The lowest BCUT2D eigenvalue weighted by molar-refractivity contribution is 0.300. The van der Waals surface area contributed by atoms with Crippen LogP contribution in [0.15, 0.2) is 48.7 Å². The van der Waals surface area contributed by atoms with Crippen molar-refractivity contribution in [2.45, 2.75) is 31.6 Å². The number of sulfone groups is 1. The number of nitriles is 1. The Morgan fingerprint density at radius 2 is 1.83 bits per heavy atom. The maximum absolute atomic E-state index is 14.7. The summed E-state index contributed by atoms with van der Waals surface area (Å²) < 4.78 is 48.7. The zero-order valence-corrected chi connectivity index (χ0v) is 21.2. The van der Waals surface area contributed by atoms with Gasteiger partial charge in [-0.1, -0.05) is 26.0 Å². The Morgan fingerprint density at radius 3 is 2.46 bits per heavy atom. The molecular formula is C25H25ClFN3O4S. The van der Waals surface area contributed by atoms with E-state index < -0.39 is 21.1 Å². The Labute approximate surface area is 209 Å². The van der Waals surface area contributed by atoms with Crippen LogP contribution in [0.2, 0.25) is 0 Å². The van der Waals surface area contributed by atoms with Gasteiger partial charge in [-0.2, -0.15) is 5.26 Å². The van der Waals surface area contributed by atoms with E-state index in [-0.39, 0.29) is 42.0 Å². The predicted molar refractivity (Wildman–Crippen MR) is 131 cm³/mol. The number of hydrogen-bond acceptors (Lipinski definition) is 7. The van der Waals surface area contributed by atoms with Crippen LogP contribution in [0.4, 0.5) is 4.39 Å². The fourth-order valence-electron chi connectivity index (χ4n) is 3.44. The summed E-state index contributed by atoms with van der Waals surface area (Å²) >= 11 is 5.61. The quantitative estimate of drug-likeness (QED) is 0.363. The topological polar surface area (TPSA) is 102 Å². The van der Waals surface area contributed by atoms with Gasteiger partial charge in [-0.05, 0) is 41.5 Å². The highest BCUT2D eigenvalue weighted by molar-refractivity contribution is 7.89. The van der Waals surface area contributed by atoms with E-state index in [0.717, 1.165) is 11.8 Å². The molecule has 184 valence electrons. The fraction of sp³-hybridized carbons (Fsp3) is 0.320. The largest absolute Gasteiger partial charge is 0.488 e. The molecule has 0 fully saturated rings. The molecule has 0 bridgehead atoms. The molecule has 35 heavy (non-hydrogen) atoms. The molecule has 0 saturated carbocycles. The Bertz CT molecular complexity index is 1340. The molecule has 0 radical (unpaired) electrons. The second-order valence-corrected chi connectivity index (χ2v) is 11.0. The molecule has 0 atom stereocenters. The first-order valence-corrected chi connectivity index (χ1v) is 13.3. The average Bonchev–Trinajstić information content (AvgIpc) is 2.81. The lowest BCUT2D eigenvalue weighted by atomic mass is 9.77. The van der Waals surface area contributed by atoms with Gasteiger partial charge in [0, 0.05) is 17.9 Å². The molecule has 0 saturated heterocycles. The van der Waals surface area contributed by atoms with Gasteiger partial charge >= 0.3 is 0 Å². The predicted octanol–water partition coefficient (Wildman–Crippen LogP) is 4.55. The van der Waals surface area contributed by atoms with Crippen molar-refractivity contribution in [1.82, 2.24) is 9.97 Å². The third-order valence-electron chi connectivity index (χ3n) is 5.33. The van der Waals surface area contributed by atoms with Crippen molar-refractivity contribution in [3.63, 3.8) is 0 Å². The van der Waals surface area contributed by atoms with Gasteiger partial charge < -0.3 is 9.47 Å². The summed E-state index contributed by atoms with van der Waals surface area (Å²) in [7, 11) is -3.24. The molecule has 0 aliphatic heterocycles. The smallest absolute Gasteiger partial charge is 0.172 e. The lowest BCUT2D eigenvalue weighted by Crippen LogP contribution is -2.20. The molecule has 7 nitrogen and oxygen atoms in total. The number of aromatic nitrogens is 2. The molecule has 1 aromatic heterocycles. The van der Waals surface area contributed by atoms with Crippen LogP contribution in [0.3, 0.4) is 0 Å². The van der Waals surface area contributed by atoms with Crippen molar-refractivity contribution in [1.29, 1.82) is 5.26 Å². The summed E-state index contributed by atoms with van der Waals surface area (Å²) in [5.74, 6) is 0.0391. The summed E-state index contributed by atoms with van der Waals surface area (Å²) in [6, 6.07) is 14.0. The highest BCUT2D eigenvalue weighted by Gasteiger charge is 2.26. The Hall–Kier alpha value is -3.22. The summed E-state index contributed by atoms with van der Waals surface area (Å²) in [5.41, 5.74) is 1.57. The fourth-order valence-corrected chi connectivity index (χ4v) is 4.13. The van der Waals surface area contributed by atoms with Gasteiger partial charge in [-0.15, -0.1) is 11.6 Å². The molecule has 0 unspecified atom stereocenters. The van der Waals surface area contributed by atoms with Crippen LogP contribution in [-0.2, 0) is 27.6 Å². The molecule has 3 rings (SSSR count). The molecule has 1 heterocycles. The van der Waals surface area contributed by atoms with E-state index in [1.807, 2.05) is 32.0 Å². The summed E-state index contributed by atoms with van der Waals surface area (Å²) in [5, 5.41) is 9.48. The van der Waals surface area contributed by atoms with Crippen LogP contribution in [-0.4, -0.2) is 37.1 Å². The molecule has 3 aromatic rings. The highest BCUT2D eigenvalue weighted by atomic mass is 35.5. The number of benzene rings is 2. The number of rotatable bonds is 10. The standard InChI is InChI=1S/C25H25ClFN3O4S/c1-25(2,19-12-17(14-28)24(22(27)13-19)33-11-9-26)18-4-6-21(7-5-18)34-15-20-8-10-29-23(30-20)16-35(3,31)32/h4-8,10,12-13H,9,11,15-16H2,1-3H3. The minimum atomic E-state index is -3.24. The summed E-state index contributed by atoms with van der Waals surface area (Å²) in [4.78, 5) is 8.20. The van der Waals surface area contributed by atoms with Crippen LogP contribution in [0.25, 0.3) is 0 Å². The van der Waals surface area contributed by atoms with Crippen molar-refractivity contribution in [2.75, 3.05) is 18.7 Å². The van der Waals surface area contributed by atoms with Crippen LogP contribution >= 0.6 is 11.6 Å². The van der Waals surface area contributed by atoms with Gasteiger partial charge in [-0.3, -0.25) is 0 Å². The van der Waals surface area contributed by atoms with Gasteiger partial charge in [-0.25, -0.2) is 22.8 Å². The maximum atomic E-state index is 14.7. The van der Waals surface area contributed by atoms with Gasteiger partial charge in [0.25, 0.3) is 0 Å². The second-order valence-electron chi connectivity index (χ2n) is 8.46. The third-order valence-corrected chi connectivity index (χ3v) is 6.26. The first kappa shape index (κ1) is 26.4. The van der Waals surface area contributed by atoms with E-state index in [1.165, 1.54) is 12.3 Å². The monoisotopic (exact) mass is 517 g/mol. The first-order valence-electron chi connectivity index (χ1n) is 10.7. The summed E-state index contributed by atoms with van der Waals surface area (Å²) in [6.07, 6.45) is 2.63. The average molecular weight is 518 g/mol. The minimum absolute atomic E-state index is 0.0964. The van der Waals surface area contributed by atoms with Crippen LogP contribution < -0.4 is 9.47 Å². The van der Waals surface area contributed by atoms with E-state index in [4.69, 9.17) is 21.1 Å². The Morgan fingerprint density at radius 1 is 1.11 bits per heavy atom. The van der Waals surface area contributed by atoms with Gasteiger partial charge in [0.05, 0.1) is 17.1 Å². The van der Waals surface area contributed by atoms with Gasteiger partial charge in [0.15, 0.2) is 21.4 Å². The Kier molecular flexibility index (Phi) is 8.30. The van der Waals surface area contributed by atoms with Crippen molar-refractivity contribution < 1.29 is 22.3 Å². The van der Waals surface area contributed by atoms with Gasteiger partial charge in [0.2, 0.25) is 0 Å². The number of halogens is 2. The van der Waals surface area contributed by atoms with E-state index in [9.17, 15) is 18.1 Å². The van der Waals surface area contributed by atoms with Crippen molar-refractivity contribution in [3.05, 3.63) is 82.7 Å².